The highest BCUT2D eigenvalue weighted by Crippen LogP contribution is 2.15. The Hall–Kier alpha value is -5.23. The molecule has 0 amide bonds. The van der Waals surface area contributed by atoms with Gasteiger partial charge in [0.05, 0.1) is 0 Å². The van der Waals surface area contributed by atoms with Crippen molar-refractivity contribution < 1.29 is 28.6 Å². The van der Waals surface area contributed by atoms with Crippen LogP contribution < -0.4 is 0 Å². The van der Waals surface area contributed by atoms with E-state index < -0.39 is 6.10 Å². The van der Waals surface area contributed by atoms with Crippen LogP contribution in [0.2, 0.25) is 0 Å². The summed E-state index contributed by atoms with van der Waals surface area (Å²) >= 11 is 0. The van der Waals surface area contributed by atoms with Gasteiger partial charge in [-0.15, -0.1) is 0 Å². The zero-order valence-corrected chi connectivity index (χ0v) is 52.0. The van der Waals surface area contributed by atoms with Crippen LogP contribution in [0.1, 0.15) is 265 Å². The van der Waals surface area contributed by atoms with Gasteiger partial charge in [-0.2, -0.15) is 0 Å². The minimum Gasteiger partial charge on any atom is -0.462 e. The van der Waals surface area contributed by atoms with Crippen molar-refractivity contribution in [2.75, 3.05) is 13.2 Å². The van der Waals surface area contributed by atoms with E-state index in [1.807, 2.05) is 0 Å². The Morgan fingerprint density at radius 1 is 0.247 bits per heavy atom. The number of carbonyl (C=O) groups excluding carboxylic acids is 3. The van der Waals surface area contributed by atoms with Crippen LogP contribution in [0.4, 0.5) is 0 Å². The van der Waals surface area contributed by atoms with Crippen molar-refractivity contribution in [1.82, 2.24) is 0 Å². The minimum absolute atomic E-state index is 0.111. The highest BCUT2D eigenvalue weighted by Gasteiger charge is 2.19. The van der Waals surface area contributed by atoms with Gasteiger partial charge in [-0.3, -0.25) is 14.4 Å². The summed E-state index contributed by atoms with van der Waals surface area (Å²) in [6.45, 7) is 6.24. The van der Waals surface area contributed by atoms with Crippen molar-refractivity contribution in [2.45, 2.75) is 271 Å². The lowest BCUT2D eigenvalue weighted by atomic mass is 10.0. The van der Waals surface area contributed by atoms with E-state index in [0.717, 1.165) is 154 Å². The van der Waals surface area contributed by atoms with Gasteiger partial charge in [-0.05, 0) is 148 Å². The van der Waals surface area contributed by atoms with Crippen LogP contribution in [0.5, 0.6) is 0 Å². The fraction of sp³-hybridized carbons (Fsp3) is 0.587. The van der Waals surface area contributed by atoms with Crippen LogP contribution in [0.25, 0.3) is 0 Å². The quantitative estimate of drug-likeness (QED) is 0.0261. The number of rotatable bonds is 57. The summed E-state index contributed by atoms with van der Waals surface area (Å²) in [5.41, 5.74) is 0. The standard InChI is InChI=1S/C75H118O6/c1-4-7-10-13-16-19-22-25-28-31-34-35-36-37-38-39-42-44-47-50-53-56-59-62-65-68-74(77)80-71-72(81-75(78)69-66-63-60-57-54-51-48-45-41-33-30-27-24-21-18-15-12-9-6-3)70-79-73(76)67-64-61-58-55-52-49-46-43-40-32-29-26-23-20-17-14-11-8-5-2/h7-12,16-21,25-30,34-35,40-41,43,45,49,51-52,54,72H,4-6,13-15,22-24,31-33,36-39,42,44,46-48,50,53,55-71H2,1-3H3/b10-7-,11-8-,12-9-,19-16-,20-17-,21-18-,28-25-,29-26-,30-27-,35-34-,43-40-,45-41-,52-49-,54-51-. The van der Waals surface area contributed by atoms with Gasteiger partial charge in [0.2, 0.25) is 0 Å². The number of carbonyl (C=O) groups is 3. The van der Waals surface area contributed by atoms with Gasteiger partial charge in [0.25, 0.3) is 0 Å². The maximum atomic E-state index is 12.9. The topological polar surface area (TPSA) is 78.9 Å². The fourth-order valence-corrected chi connectivity index (χ4v) is 8.43. The molecule has 0 rings (SSSR count). The van der Waals surface area contributed by atoms with Gasteiger partial charge >= 0.3 is 17.9 Å². The van der Waals surface area contributed by atoms with Crippen molar-refractivity contribution in [1.29, 1.82) is 0 Å². The summed E-state index contributed by atoms with van der Waals surface area (Å²) in [6, 6.07) is 0. The van der Waals surface area contributed by atoms with E-state index in [-0.39, 0.29) is 37.5 Å². The molecule has 0 bridgehead atoms. The van der Waals surface area contributed by atoms with Gasteiger partial charge in [0.15, 0.2) is 6.10 Å². The Bertz CT molecular complexity index is 1860. The predicted octanol–water partition coefficient (Wildman–Crippen LogP) is 22.7. The largest absolute Gasteiger partial charge is 0.462 e. The molecule has 0 aromatic rings. The van der Waals surface area contributed by atoms with Crippen LogP contribution in [0, 0.1) is 0 Å². The average Bonchev–Trinajstić information content (AvgIpc) is 3.47. The number of esters is 3. The lowest BCUT2D eigenvalue weighted by molar-refractivity contribution is -0.167. The third kappa shape index (κ3) is 65.5. The van der Waals surface area contributed by atoms with Crippen LogP contribution in [0.3, 0.4) is 0 Å². The zero-order chi connectivity index (χ0) is 58.5. The van der Waals surface area contributed by atoms with Crippen LogP contribution in [-0.4, -0.2) is 37.2 Å². The summed E-state index contributed by atoms with van der Waals surface area (Å²) in [7, 11) is 0. The number of allylic oxidation sites excluding steroid dienone is 28. The lowest BCUT2D eigenvalue weighted by Crippen LogP contribution is -2.30. The number of ether oxygens (including phenoxy) is 3. The van der Waals surface area contributed by atoms with Crippen LogP contribution >= 0.6 is 0 Å². The van der Waals surface area contributed by atoms with Crippen LogP contribution in [-0.2, 0) is 28.6 Å². The molecule has 0 spiro atoms. The van der Waals surface area contributed by atoms with Crippen molar-refractivity contribution in [3.63, 3.8) is 0 Å². The molecule has 0 saturated heterocycles. The molecule has 0 aromatic carbocycles. The molecule has 6 nitrogen and oxygen atoms in total. The Morgan fingerprint density at radius 3 is 0.704 bits per heavy atom. The van der Waals surface area contributed by atoms with Gasteiger partial charge in [-0.25, -0.2) is 0 Å². The van der Waals surface area contributed by atoms with Crippen LogP contribution in [0.15, 0.2) is 170 Å². The van der Waals surface area contributed by atoms with E-state index in [1.54, 1.807) is 0 Å². The lowest BCUT2D eigenvalue weighted by Gasteiger charge is -2.18. The molecule has 1 unspecified atom stereocenters. The van der Waals surface area contributed by atoms with Gasteiger partial charge in [-0.1, -0.05) is 268 Å². The molecule has 0 aliphatic carbocycles. The first-order valence-corrected chi connectivity index (χ1v) is 32.6. The van der Waals surface area contributed by atoms with Crippen molar-refractivity contribution in [3.8, 4) is 0 Å². The molecule has 0 aliphatic heterocycles. The van der Waals surface area contributed by atoms with Crippen molar-refractivity contribution >= 4 is 17.9 Å². The molecular weight excluding hydrogens is 997 g/mol. The Balaban J connectivity index is 4.49. The molecule has 0 aromatic heterocycles. The van der Waals surface area contributed by atoms with Gasteiger partial charge < -0.3 is 14.2 Å². The van der Waals surface area contributed by atoms with Crippen molar-refractivity contribution in [2.24, 2.45) is 0 Å². The number of hydrogen-bond acceptors (Lipinski definition) is 6. The van der Waals surface area contributed by atoms with E-state index in [1.165, 1.54) is 64.2 Å². The highest BCUT2D eigenvalue weighted by molar-refractivity contribution is 5.71. The molecule has 0 N–H and O–H groups in total. The van der Waals surface area contributed by atoms with E-state index in [4.69, 9.17) is 14.2 Å². The predicted molar refractivity (Wildman–Crippen MR) is 352 cm³/mol. The molecule has 0 saturated carbocycles. The number of hydrogen-bond donors (Lipinski definition) is 0. The first-order chi connectivity index (χ1) is 40.0. The molecule has 1 atom stereocenters. The average molecular weight is 1120 g/mol. The second-order valence-electron chi connectivity index (χ2n) is 20.9. The van der Waals surface area contributed by atoms with Crippen molar-refractivity contribution in [3.05, 3.63) is 170 Å². The first kappa shape index (κ1) is 75.8. The Morgan fingerprint density at radius 2 is 0.444 bits per heavy atom. The minimum atomic E-state index is -0.821. The van der Waals surface area contributed by atoms with E-state index in [9.17, 15) is 14.4 Å². The molecule has 0 radical (unpaired) electrons. The second kappa shape index (κ2) is 67.3. The Kier molecular flexibility index (Phi) is 62.9. The summed E-state index contributed by atoms with van der Waals surface area (Å²) in [5.74, 6) is -0.981. The molecule has 0 aliphatic rings. The molecule has 0 heterocycles. The number of unbranched alkanes of at least 4 members (excludes halogenated alkanes) is 18. The normalized spacial score (nSPS) is 13.3. The monoisotopic (exact) mass is 1110 g/mol. The summed E-state index contributed by atoms with van der Waals surface area (Å²) in [6.07, 6.45) is 99.3. The van der Waals surface area contributed by atoms with E-state index in [0.29, 0.717) is 19.3 Å². The maximum Gasteiger partial charge on any atom is 0.306 e. The molecule has 454 valence electrons. The SMILES string of the molecule is CC/C=C\C/C=C\C/C=C\C/C=C\C/C=C\CCCCCC(=O)OCC(COC(=O)CCCCCCCCCCCCCC/C=C\C/C=C\C/C=C\C/C=C\CC)OC(=O)CCCCC/C=C\C/C=C\C/C=C\C/C=C\C/C=C\CC. The third-order valence-electron chi connectivity index (χ3n) is 13.2. The highest BCUT2D eigenvalue weighted by atomic mass is 16.6. The molecular formula is C75H118O6. The van der Waals surface area contributed by atoms with Gasteiger partial charge in [0.1, 0.15) is 13.2 Å². The zero-order valence-electron chi connectivity index (χ0n) is 52.0. The van der Waals surface area contributed by atoms with E-state index in [2.05, 4.69) is 191 Å². The summed E-state index contributed by atoms with van der Waals surface area (Å²) in [5, 5.41) is 0. The first-order valence-electron chi connectivity index (χ1n) is 32.6. The maximum absolute atomic E-state index is 12.9. The smallest absolute Gasteiger partial charge is 0.306 e. The summed E-state index contributed by atoms with van der Waals surface area (Å²) in [4.78, 5) is 38.4. The molecule has 0 fully saturated rings. The fourth-order valence-electron chi connectivity index (χ4n) is 8.43. The Labute approximate surface area is 498 Å². The summed E-state index contributed by atoms with van der Waals surface area (Å²) < 4.78 is 16.9. The van der Waals surface area contributed by atoms with Gasteiger partial charge in [0, 0.05) is 19.3 Å². The third-order valence-corrected chi connectivity index (χ3v) is 13.2. The van der Waals surface area contributed by atoms with E-state index >= 15 is 0 Å². The second-order valence-corrected chi connectivity index (χ2v) is 20.9. The molecule has 81 heavy (non-hydrogen) atoms. The molecule has 6 heteroatoms.